The Morgan fingerprint density at radius 2 is 1.86 bits per heavy atom. The Hall–Kier alpha value is -1.44. The van der Waals surface area contributed by atoms with Gasteiger partial charge in [-0.05, 0) is 43.5 Å². The molecule has 1 aliphatic carbocycles. The van der Waals surface area contributed by atoms with Crippen molar-refractivity contribution in [3.63, 3.8) is 0 Å². The van der Waals surface area contributed by atoms with Gasteiger partial charge in [0.2, 0.25) is 10.0 Å². The molecule has 1 saturated carbocycles. The summed E-state index contributed by atoms with van der Waals surface area (Å²) in [5.74, 6) is -0.316. The lowest BCUT2D eigenvalue weighted by Gasteiger charge is -2.36. The first kappa shape index (κ1) is 15.9. The second-order valence-corrected chi connectivity index (χ2v) is 7.72. The molecule has 0 atom stereocenters. The number of sulfonamides is 1. The van der Waals surface area contributed by atoms with Crippen LogP contribution >= 0.6 is 0 Å². The van der Waals surface area contributed by atoms with Gasteiger partial charge in [0, 0.05) is 26.2 Å². The van der Waals surface area contributed by atoms with Crippen LogP contribution in [0.25, 0.3) is 0 Å². The summed E-state index contributed by atoms with van der Waals surface area (Å²) in [4.78, 5) is 12.1. The number of amides is 1. The fourth-order valence-corrected chi connectivity index (χ4v) is 3.00. The van der Waals surface area contributed by atoms with Crippen LogP contribution in [-0.4, -0.2) is 50.0 Å². The second kappa shape index (κ2) is 5.75. The van der Waals surface area contributed by atoms with E-state index in [1.54, 1.807) is 0 Å². The van der Waals surface area contributed by atoms with E-state index >= 15 is 0 Å². The van der Waals surface area contributed by atoms with Crippen LogP contribution < -0.4 is 5.32 Å². The molecule has 116 valence electrons. The van der Waals surface area contributed by atoms with Gasteiger partial charge in [-0.2, -0.15) is 0 Å². The van der Waals surface area contributed by atoms with Crippen molar-refractivity contribution in [2.75, 3.05) is 20.6 Å². The Kier molecular flexibility index (Phi) is 4.36. The molecule has 6 nitrogen and oxygen atoms in total. The van der Waals surface area contributed by atoms with Crippen LogP contribution in [0, 0.1) is 0 Å². The number of rotatable bonds is 5. The summed E-state index contributed by atoms with van der Waals surface area (Å²) in [5.41, 5.74) is -0.403. The van der Waals surface area contributed by atoms with Crippen molar-refractivity contribution < 1.29 is 18.3 Å². The highest BCUT2D eigenvalue weighted by Gasteiger charge is 2.34. The molecule has 2 N–H and O–H groups in total. The summed E-state index contributed by atoms with van der Waals surface area (Å²) in [6, 6.07) is 5.75. The minimum Gasteiger partial charge on any atom is -0.388 e. The minimum atomic E-state index is -3.49. The predicted octanol–water partition coefficient (Wildman–Crippen LogP) is 0.582. The molecule has 0 aliphatic heterocycles. The number of benzene rings is 1. The molecule has 0 spiro atoms. The maximum Gasteiger partial charge on any atom is 0.251 e. The average Bonchev–Trinajstić information content (AvgIpc) is 2.42. The van der Waals surface area contributed by atoms with E-state index in [2.05, 4.69) is 5.32 Å². The van der Waals surface area contributed by atoms with Crippen molar-refractivity contribution in [2.24, 2.45) is 0 Å². The molecule has 0 saturated heterocycles. The number of carbonyl (C=O) groups is 1. The van der Waals surface area contributed by atoms with Gasteiger partial charge in [-0.25, -0.2) is 12.7 Å². The highest BCUT2D eigenvalue weighted by molar-refractivity contribution is 7.89. The zero-order chi connectivity index (χ0) is 15.7. The summed E-state index contributed by atoms with van der Waals surface area (Å²) in [6.45, 7) is 0.226. The number of nitrogens with one attached hydrogen (secondary N) is 1. The molecular weight excluding hydrogens is 292 g/mol. The van der Waals surface area contributed by atoms with E-state index in [0.717, 1.165) is 10.7 Å². The Morgan fingerprint density at radius 1 is 1.29 bits per heavy atom. The second-order valence-electron chi connectivity index (χ2n) is 5.57. The molecular formula is C14H20N2O4S. The Labute approximate surface area is 124 Å². The number of hydrogen-bond acceptors (Lipinski definition) is 4. The lowest BCUT2D eigenvalue weighted by atomic mass is 9.80. The van der Waals surface area contributed by atoms with E-state index in [1.165, 1.54) is 38.4 Å². The summed E-state index contributed by atoms with van der Waals surface area (Å²) < 4.78 is 24.9. The highest BCUT2D eigenvalue weighted by atomic mass is 32.2. The number of aliphatic hydroxyl groups is 1. The number of carbonyl (C=O) groups excluding carboxylic acids is 1. The third-order valence-electron chi connectivity index (χ3n) is 3.76. The van der Waals surface area contributed by atoms with Crippen molar-refractivity contribution in [1.29, 1.82) is 0 Å². The molecule has 0 unspecified atom stereocenters. The quantitative estimate of drug-likeness (QED) is 0.833. The summed E-state index contributed by atoms with van der Waals surface area (Å²) in [5, 5.41) is 12.6. The molecule has 1 aromatic rings. The van der Waals surface area contributed by atoms with Gasteiger partial charge < -0.3 is 10.4 Å². The van der Waals surface area contributed by atoms with Gasteiger partial charge in [0.05, 0.1) is 10.5 Å². The van der Waals surface area contributed by atoms with E-state index in [-0.39, 0.29) is 17.3 Å². The molecule has 1 aliphatic rings. The fourth-order valence-electron chi connectivity index (χ4n) is 2.10. The average molecular weight is 312 g/mol. The smallest absolute Gasteiger partial charge is 0.251 e. The topological polar surface area (TPSA) is 86.7 Å². The Balaban J connectivity index is 2.03. The molecule has 0 radical (unpaired) electrons. The van der Waals surface area contributed by atoms with Gasteiger partial charge in [-0.3, -0.25) is 4.79 Å². The standard InChI is InChI=1S/C14H20N2O4S/c1-16(2)21(19,20)12-6-4-11(5-7-12)13(17)15-10-14(18)8-3-9-14/h4-7,18H,3,8-10H2,1-2H3,(H,15,17). The van der Waals surface area contributed by atoms with Crippen LogP contribution in [0.5, 0.6) is 0 Å². The number of hydrogen-bond donors (Lipinski definition) is 2. The van der Waals surface area contributed by atoms with Crippen molar-refractivity contribution in [1.82, 2.24) is 9.62 Å². The largest absolute Gasteiger partial charge is 0.388 e. The predicted molar refractivity (Wildman–Crippen MR) is 78.4 cm³/mol. The first-order valence-electron chi connectivity index (χ1n) is 6.78. The zero-order valence-corrected chi connectivity index (χ0v) is 13.0. The normalized spacial score (nSPS) is 17.3. The van der Waals surface area contributed by atoms with E-state index in [0.29, 0.717) is 18.4 Å². The first-order chi connectivity index (χ1) is 9.74. The maximum absolute atomic E-state index is 11.9. The lowest BCUT2D eigenvalue weighted by Crippen LogP contribution is -2.47. The van der Waals surface area contributed by atoms with Crippen LogP contribution in [-0.2, 0) is 10.0 Å². The van der Waals surface area contributed by atoms with Gasteiger partial charge in [0.25, 0.3) is 5.91 Å². The molecule has 0 aromatic heterocycles. The van der Waals surface area contributed by atoms with Crippen LogP contribution in [0.2, 0.25) is 0 Å². The Morgan fingerprint density at radius 3 is 2.29 bits per heavy atom. The van der Waals surface area contributed by atoms with Gasteiger partial charge in [0.15, 0.2) is 0 Å². The van der Waals surface area contributed by atoms with Gasteiger partial charge >= 0.3 is 0 Å². The molecule has 1 amide bonds. The van der Waals surface area contributed by atoms with E-state index < -0.39 is 15.6 Å². The third kappa shape index (κ3) is 3.42. The van der Waals surface area contributed by atoms with Gasteiger partial charge in [-0.15, -0.1) is 0 Å². The molecule has 1 aromatic carbocycles. The van der Waals surface area contributed by atoms with Crippen molar-refractivity contribution in [2.45, 2.75) is 29.8 Å². The van der Waals surface area contributed by atoms with E-state index in [9.17, 15) is 18.3 Å². The van der Waals surface area contributed by atoms with Crippen LogP contribution in [0.1, 0.15) is 29.6 Å². The first-order valence-corrected chi connectivity index (χ1v) is 8.22. The number of nitrogens with zero attached hydrogens (tertiary/aromatic N) is 1. The molecule has 7 heteroatoms. The lowest BCUT2D eigenvalue weighted by molar-refractivity contribution is -0.0300. The maximum atomic E-state index is 11.9. The van der Waals surface area contributed by atoms with Gasteiger partial charge in [0.1, 0.15) is 0 Å². The fraction of sp³-hybridized carbons (Fsp3) is 0.500. The Bertz CT molecular complexity index is 619. The molecule has 1 fully saturated rings. The van der Waals surface area contributed by atoms with Crippen molar-refractivity contribution >= 4 is 15.9 Å². The minimum absolute atomic E-state index is 0.140. The molecule has 0 heterocycles. The van der Waals surface area contributed by atoms with Crippen LogP contribution in [0.15, 0.2) is 29.2 Å². The molecule has 21 heavy (non-hydrogen) atoms. The summed E-state index contributed by atoms with van der Waals surface area (Å²) >= 11 is 0. The molecule has 0 bridgehead atoms. The van der Waals surface area contributed by atoms with Crippen LogP contribution in [0.4, 0.5) is 0 Å². The van der Waals surface area contributed by atoms with Crippen molar-refractivity contribution in [3.8, 4) is 0 Å². The monoisotopic (exact) mass is 312 g/mol. The third-order valence-corrected chi connectivity index (χ3v) is 5.59. The summed E-state index contributed by atoms with van der Waals surface area (Å²) in [7, 11) is -0.581. The van der Waals surface area contributed by atoms with E-state index in [4.69, 9.17) is 0 Å². The SMILES string of the molecule is CN(C)S(=O)(=O)c1ccc(C(=O)NCC2(O)CCC2)cc1. The van der Waals surface area contributed by atoms with E-state index in [1.807, 2.05) is 0 Å². The molecule has 2 rings (SSSR count). The zero-order valence-electron chi connectivity index (χ0n) is 12.2. The van der Waals surface area contributed by atoms with Crippen molar-refractivity contribution in [3.05, 3.63) is 29.8 Å². The highest BCUT2D eigenvalue weighted by Crippen LogP contribution is 2.30. The van der Waals surface area contributed by atoms with Gasteiger partial charge in [-0.1, -0.05) is 0 Å². The summed E-state index contributed by atoms with van der Waals surface area (Å²) in [6.07, 6.45) is 2.38. The van der Waals surface area contributed by atoms with Crippen LogP contribution in [0.3, 0.4) is 0 Å².